The molecular formula is C19H18N2O3. The lowest BCUT2D eigenvalue weighted by Gasteiger charge is -2.10. The molecule has 0 bridgehead atoms. The molecule has 3 rings (SSSR count). The van der Waals surface area contributed by atoms with Gasteiger partial charge in [0.2, 0.25) is 0 Å². The van der Waals surface area contributed by atoms with Crippen molar-refractivity contribution in [3.63, 3.8) is 0 Å². The molecule has 3 aromatic rings. The summed E-state index contributed by atoms with van der Waals surface area (Å²) in [6.07, 6.45) is 3.23. The highest BCUT2D eigenvalue weighted by atomic mass is 16.5. The first-order valence-electron chi connectivity index (χ1n) is 7.62. The summed E-state index contributed by atoms with van der Waals surface area (Å²) in [6, 6.07) is 12.8. The summed E-state index contributed by atoms with van der Waals surface area (Å²) in [5.74, 6) is 1.38. The normalized spacial score (nSPS) is 10.4. The van der Waals surface area contributed by atoms with E-state index in [1.807, 2.05) is 32.0 Å². The third kappa shape index (κ3) is 3.63. The monoisotopic (exact) mass is 322 g/mol. The van der Waals surface area contributed by atoms with Crippen molar-refractivity contribution >= 4 is 11.6 Å². The molecule has 24 heavy (non-hydrogen) atoms. The number of rotatable bonds is 5. The van der Waals surface area contributed by atoms with Crippen molar-refractivity contribution in [1.82, 2.24) is 4.98 Å². The third-order valence-electron chi connectivity index (χ3n) is 3.59. The van der Waals surface area contributed by atoms with E-state index in [4.69, 9.17) is 9.15 Å². The van der Waals surface area contributed by atoms with Crippen LogP contribution in [0.4, 0.5) is 5.69 Å². The highest BCUT2D eigenvalue weighted by Gasteiger charge is 2.12. The summed E-state index contributed by atoms with van der Waals surface area (Å²) in [7, 11) is 0. The quantitative estimate of drug-likeness (QED) is 0.767. The van der Waals surface area contributed by atoms with Crippen LogP contribution in [-0.2, 0) is 6.61 Å². The van der Waals surface area contributed by atoms with Crippen LogP contribution in [0.25, 0.3) is 0 Å². The fraction of sp³-hybridized carbons (Fsp3) is 0.158. The van der Waals surface area contributed by atoms with Crippen molar-refractivity contribution in [2.75, 3.05) is 5.32 Å². The lowest BCUT2D eigenvalue weighted by molar-refractivity contribution is 0.0992. The van der Waals surface area contributed by atoms with Gasteiger partial charge in [-0.2, -0.15) is 0 Å². The molecule has 5 heteroatoms. The summed E-state index contributed by atoms with van der Waals surface area (Å²) >= 11 is 0. The number of pyridine rings is 1. The zero-order valence-corrected chi connectivity index (χ0v) is 13.6. The first kappa shape index (κ1) is 15.8. The molecule has 1 amide bonds. The molecule has 122 valence electrons. The van der Waals surface area contributed by atoms with Crippen LogP contribution >= 0.6 is 0 Å². The number of aromatic nitrogens is 1. The van der Waals surface area contributed by atoms with Crippen LogP contribution in [0, 0.1) is 13.8 Å². The molecule has 1 aromatic carbocycles. The van der Waals surface area contributed by atoms with Gasteiger partial charge >= 0.3 is 0 Å². The van der Waals surface area contributed by atoms with Crippen molar-refractivity contribution in [2.24, 2.45) is 0 Å². The first-order chi connectivity index (χ1) is 11.6. The number of aryl methyl sites for hydroxylation is 2. The topological polar surface area (TPSA) is 64.4 Å². The molecule has 0 spiro atoms. The van der Waals surface area contributed by atoms with Gasteiger partial charge in [-0.05, 0) is 49.2 Å². The predicted molar refractivity (Wildman–Crippen MR) is 91.1 cm³/mol. The molecule has 2 aromatic heterocycles. The summed E-state index contributed by atoms with van der Waals surface area (Å²) in [5.41, 5.74) is 2.80. The highest BCUT2D eigenvalue weighted by Crippen LogP contribution is 2.24. The lowest BCUT2D eigenvalue weighted by atomic mass is 10.1. The Morgan fingerprint density at radius 1 is 1.08 bits per heavy atom. The predicted octanol–water partition coefficient (Wildman–Crippen LogP) is 4.12. The average molecular weight is 322 g/mol. The van der Waals surface area contributed by atoms with E-state index in [1.165, 1.54) is 0 Å². The van der Waals surface area contributed by atoms with Gasteiger partial charge in [-0.25, -0.2) is 0 Å². The van der Waals surface area contributed by atoms with Crippen LogP contribution < -0.4 is 10.1 Å². The molecule has 2 heterocycles. The maximum atomic E-state index is 12.1. The van der Waals surface area contributed by atoms with Gasteiger partial charge in [0.05, 0.1) is 0 Å². The summed E-state index contributed by atoms with van der Waals surface area (Å²) in [4.78, 5) is 16.0. The molecule has 0 aliphatic rings. The Bertz CT molecular complexity index is 821. The van der Waals surface area contributed by atoms with Gasteiger partial charge in [-0.15, -0.1) is 0 Å². The van der Waals surface area contributed by atoms with Gasteiger partial charge in [-0.1, -0.05) is 18.2 Å². The van der Waals surface area contributed by atoms with Gasteiger partial charge in [0.25, 0.3) is 5.91 Å². The molecule has 0 fully saturated rings. The number of carbonyl (C=O) groups excluding carboxylic acids is 1. The van der Waals surface area contributed by atoms with Crippen molar-refractivity contribution in [3.8, 4) is 5.75 Å². The molecule has 0 aliphatic carbocycles. The largest absolute Gasteiger partial charge is 0.485 e. The Balaban J connectivity index is 1.64. The fourth-order valence-corrected chi connectivity index (χ4v) is 2.38. The SMILES string of the molecule is Cc1cccc(C)c1OCc1ccc(C(=O)Nc2ccncc2)o1. The van der Waals surface area contributed by atoms with Crippen molar-refractivity contribution in [1.29, 1.82) is 0 Å². The number of furan rings is 1. The Morgan fingerprint density at radius 2 is 1.79 bits per heavy atom. The van der Waals surface area contributed by atoms with E-state index in [9.17, 15) is 4.79 Å². The van der Waals surface area contributed by atoms with Crippen molar-refractivity contribution in [3.05, 3.63) is 77.5 Å². The van der Waals surface area contributed by atoms with E-state index < -0.39 is 0 Å². The van der Waals surface area contributed by atoms with E-state index in [0.717, 1.165) is 16.9 Å². The lowest BCUT2D eigenvalue weighted by Crippen LogP contribution is -2.10. The van der Waals surface area contributed by atoms with E-state index >= 15 is 0 Å². The van der Waals surface area contributed by atoms with Crippen LogP contribution in [0.2, 0.25) is 0 Å². The maximum absolute atomic E-state index is 12.1. The molecule has 0 atom stereocenters. The third-order valence-corrected chi connectivity index (χ3v) is 3.59. The second kappa shape index (κ2) is 7.00. The van der Waals surface area contributed by atoms with E-state index in [2.05, 4.69) is 10.3 Å². The zero-order chi connectivity index (χ0) is 16.9. The van der Waals surface area contributed by atoms with Gasteiger partial charge in [-0.3, -0.25) is 9.78 Å². The van der Waals surface area contributed by atoms with Crippen molar-refractivity contribution in [2.45, 2.75) is 20.5 Å². The highest BCUT2D eigenvalue weighted by molar-refractivity contribution is 6.02. The average Bonchev–Trinajstić information content (AvgIpc) is 3.04. The number of amides is 1. The van der Waals surface area contributed by atoms with E-state index in [1.54, 1.807) is 36.7 Å². The van der Waals surface area contributed by atoms with Gasteiger partial charge in [0, 0.05) is 18.1 Å². The molecule has 0 radical (unpaired) electrons. The van der Waals surface area contributed by atoms with Crippen LogP contribution in [0.5, 0.6) is 5.75 Å². The van der Waals surface area contributed by atoms with E-state index in [0.29, 0.717) is 11.4 Å². The van der Waals surface area contributed by atoms with Crippen molar-refractivity contribution < 1.29 is 13.9 Å². The number of para-hydroxylation sites is 1. The fourth-order valence-electron chi connectivity index (χ4n) is 2.38. The number of anilines is 1. The van der Waals surface area contributed by atoms with E-state index in [-0.39, 0.29) is 18.3 Å². The number of nitrogens with zero attached hydrogens (tertiary/aromatic N) is 1. The number of ether oxygens (including phenoxy) is 1. The first-order valence-corrected chi connectivity index (χ1v) is 7.62. The Labute approximate surface area is 140 Å². The maximum Gasteiger partial charge on any atom is 0.291 e. The summed E-state index contributed by atoms with van der Waals surface area (Å²) in [5, 5.41) is 2.75. The molecule has 1 N–H and O–H groups in total. The molecular weight excluding hydrogens is 304 g/mol. The minimum Gasteiger partial charge on any atom is -0.485 e. The number of benzene rings is 1. The van der Waals surface area contributed by atoms with Crippen LogP contribution in [0.1, 0.15) is 27.4 Å². The Hall–Kier alpha value is -3.08. The van der Waals surface area contributed by atoms with Gasteiger partial charge in [0.1, 0.15) is 18.1 Å². The van der Waals surface area contributed by atoms with Gasteiger partial charge < -0.3 is 14.5 Å². The van der Waals surface area contributed by atoms with Crippen LogP contribution in [-0.4, -0.2) is 10.9 Å². The number of carbonyl (C=O) groups is 1. The number of hydrogen-bond acceptors (Lipinski definition) is 4. The van der Waals surface area contributed by atoms with Crippen LogP contribution in [0.3, 0.4) is 0 Å². The molecule has 0 unspecified atom stereocenters. The minimum absolute atomic E-state index is 0.243. The summed E-state index contributed by atoms with van der Waals surface area (Å²) < 4.78 is 11.4. The molecule has 0 saturated carbocycles. The number of hydrogen-bond donors (Lipinski definition) is 1. The van der Waals surface area contributed by atoms with Crippen LogP contribution in [0.15, 0.2) is 59.3 Å². The summed E-state index contributed by atoms with van der Waals surface area (Å²) in [6.45, 7) is 4.27. The molecule has 0 aliphatic heterocycles. The number of nitrogens with one attached hydrogen (secondary N) is 1. The Morgan fingerprint density at radius 3 is 2.50 bits per heavy atom. The molecule has 0 saturated heterocycles. The smallest absolute Gasteiger partial charge is 0.291 e. The standard InChI is InChI=1S/C19H18N2O3/c1-13-4-3-5-14(2)18(13)23-12-16-6-7-17(24-16)19(22)21-15-8-10-20-11-9-15/h3-11H,12H2,1-2H3,(H,20,21,22). The minimum atomic E-state index is -0.306. The molecule has 5 nitrogen and oxygen atoms in total. The van der Waals surface area contributed by atoms with Gasteiger partial charge in [0.15, 0.2) is 5.76 Å². The zero-order valence-electron chi connectivity index (χ0n) is 13.6. The second-order valence-electron chi connectivity index (χ2n) is 5.47. The second-order valence-corrected chi connectivity index (χ2v) is 5.47. The Kier molecular flexibility index (Phi) is 4.61.